The molecule has 30 heavy (non-hydrogen) atoms. The van der Waals surface area contributed by atoms with Gasteiger partial charge in [0.25, 0.3) is 5.91 Å². The van der Waals surface area contributed by atoms with Gasteiger partial charge in [-0.05, 0) is 24.3 Å². The van der Waals surface area contributed by atoms with Gasteiger partial charge in [0.15, 0.2) is 0 Å². The third-order valence-electron chi connectivity index (χ3n) is 4.78. The summed E-state index contributed by atoms with van der Waals surface area (Å²) in [7, 11) is 0. The molecule has 1 saturated heterocycles. The van der Waals surface area contributed by atoms with Crippen LogP contribution in [0.5, 0.6) is 0 Å². The van der Waals surface area contributed by atoms with Gasteiger partial charge in [0.1, 0.15) is 11.8 Å². The second kappa shape index (κ2) is 7.91. The van der Waals surface area contributed by atoms with E-state index in [9.17, 15) is 18.0 Å². The summed E-state index contributed by atoms with van der Waals surface area (Å²) in [4.78, 5) is 18.0. The average molecular weight is 431 g/mol. The van der Waals surface area contributed by atoms with Crippen LogP contribution in [0.2, 0.25) is 0 Å². The van der Waals surface area contributed by atoms with Gasteiger partial charge in [0.05, 0.1) is 28.3 Å². The molecule has 1 amide bonds. The second-order valence-electron chi connectivity index (χ2n) is 6.73. The van der Waals surface area contributed by atoms with E-state index in [0.717, 1.165) is 17.6 Å². The Morgan fingerprint density at radius 2 is 1.87 bits per heavy atom. The number of fused-ring (bicyclic) bond motifs is 1. The summed E-state index contributed by atoms with van der Waals surface area (Å²) >= 11 is 1.70. The number of aromatic nitrogens is 1. The molecule has 2 N–H and O–H groups in total. The number of nitrogens with zero attached hydrogens (tertiary/aromatic N) is 3. The number of nitrogens with one attached hydrogen (secondary N) is 2. The Kier molecular flexibility index (Phi) is 5.30. The Bertz CT molecular complexity index is 1070. The van der Waals surface area contributed by atoms with E-state index in [1.54, 1.807) is 22.7 Å². The predicted octanol–water partition coefficient (Wildman–Crippen LogP) is 3.93. The molecule has 3 heterocycles. The summed E-state index contributed by atoms with van der Waals surface area (Å²) in [6.45, 7) is 1.02. The van der Waals surface area contributed by atoms with Crippen molar-refractivity contribution < 1.29 is 18.0 Å². The number of pyridine rings is 1. The van der Waals surface area contributed by atoms with Crippen LogP contribution in [-0.4, -0.2) is 35.5 Å². The molecule has 0 unspecified atom stereocenters. The lowest BCUT2D eigenvalue weighted by atomic mass is 10.1. The minimum Gasteiger partial charge on any atom is -0.369 e. The molecule has 1 aromatic heterocycles. The molecule has 2 aliphatic rings. The number of carbonyl (C=O) groups is 1. The minimum atomic E-state index is -4.56. The molecule has 0 spiro atoms. The Balaban J connectivity index is 1.80. The molecule has 4 rings (SSSR count). The van der Waals surface area contributed by atoms with Gasteiger partial charge in [-0.3, -0.25) is 4.79 Å². The number of anilines is 3. The first-order chi connectivity index (χ1) is 14.3. The lowest BCUT2D eigenvalue weighted by Crippen LogP contribution is -2.34. The average Bonchev–Trinajstić information content (AvgIpc) is 2.90. The minimum absolute atomic E-state index is 0.0447. The van der Waals surface area contributed by atoms with Crippen molar-refractivity contribution in [2.24, 2.45) is 0 Å². The lowest BCUT2D eigenvalue weighted by Gasteiger charge is -2.31. The summed E-state index contributed by atoms with van der Waals surface area (Å²) in [5, 5.41) is 14.6. The van der Waals surface area contributed by atoms with E-state index >= 15 is 0 Å². The number of hydrogen-bond acceptors (Lipinski definition) is 6. The standard InChI is InChI=1S/C20H16F3N5OS/c21-20(22,23)14-8-16-17(9-18(14)28-3-5-30-6-4-28)26-15(10-19(29)27-16)12-1-2-25-13(7-12)11-24/h1-2,7-10,26H,3-6H2,(H,27,29). The maximum Gasteiger partial charge on any atom is 0.418 e. The fourth-order valence-electron chi connectivity index (χ4n) is 3.38. The summed E-state index contributed by atoms with van der Waals surface area (Å²) in [5.41, 5.74) is 0.753. The molecule has 0 bridgehead atoms. The van der Waals surface area contributed by atoms with Crippen LogP contribution in [-0.2, 0) is 11.0 Å². The zero-order valence-corrected chi connectivity index (χ0v) is 16.4. The fraction of sp³-hybridized carbons (Fsp3) is 0.250. The van der Waals surface area contributed by atoms with Gasteiger partial charge in [-0.2, -0.15) is 30.2 Å². The Morgan fingerprint density at radius 1 is 1.13 bits per heavy atom. The number of rotatable bonds is 2. The van der Waals surface area contributed by atoms with E-state index in [1.165, 1.54) is 24.4 Å². The third-order valence-corrected chi connectivity index (χ3v) is 5.72. The van der Waals surface area contributed by atoms with Crippen LogP contribution in [0.4, 0.5) is 30.2 Å². The van der Waals surface area contributed by atoms with Gasteiger partial charge >= 0.3 is 6.18 Å². The van der Waals surface area contributed by atoms with Crippen LogP contribution >= 0.6 is 11.8 Å². The third kappa shape index (κ3) is 4.07. The fourth-order valence-corrected chi connectivity index (χ4v) is 4.29. The van der Waals surface area contributed by atoms with Gasteiger partial charge in [0.2, 0.25) is 0 Å². The van der Waals surface area contributed by atoms with E-state index in [4.69, 9.17) is 5.26 Å². The smallest absolute Gasteiger partial charge is 0.369 e. The Labute approximate surface area is 174 Å². The maximum atomic E-state index is 13.8. The highest BCUT2D eigenvalue weighted by molar-refractivity contribution is 7.99. The topological polar surface area (TPSA) is 81.0 Å². The van der Waals surface area contributed by atoms with Crippen molar-refractivity contribution >= 4 is 40.4 Å². The number of halogens is 3. The molecule has 0 aliphatic carbocycles. The van der Waals surface area contributed by atoms with Crippen LogP contribution in [0.1, 0.15) is 16.8 Å². The van der Waals surface area contributed by atoms with E-state index < -0.39 is 17.6 Å². The number of benzene rings is 1. The monoisotopic (exact) mass is 431 g/mol. The summed E-state index contributed by atoms with van der Waals surface area (Å²) < 4.78 is 41.3. The normalized spacial score (nSPS) is 16.5. The Morgan fingerprint density at radius 3 is 2.57 bits per heavy atom. The molecule has 1 aromatic carbocycles. The lowest BCUT2D eigenvalue weighted by molar-refractivity contribution is -0.137. The van der Waals surface area contributed by atoms with Gasteiger partial charge in [-0.1, -0.05) is 0 Å². The van der Waals surface area contributed by atoms with Crippen molar-refractivity contribution in [3.05, 3.63) is 53.4 Å². The first kappa shape index (κ1) is 20.1. The molecule has 1 fully saturated rings. The van der Waals surface area contributed by atoms with Crippen LogP contribution in [0.3, 0.4) is 0 Å². The van der Waals surface area contributed by atoms with Crippen LogP contribution in [0, 0.1) is 11.3 Å². The molecule has 6 nitrogen and oxygen atoms in total. The highest BCUT2D eigenvalue weighted by Gasteiger charge is 2.37. The molecule has 0 atom stereocenters. The quantitative estimate of drug-likeness (QED) is 0.750. The van der Waals surface area contributed by atoms with Gasteiger partial charge in [0, 0.05) is 42.4 Å². The van der Waals surface area contributed by atoms with Crippen LogP contribution < -0.4 is 15.5 Å². The SMILES string of the molecule is N#Cc1cc(C2=CC(=O)Nc3cc(C(F)(F)F)c(N4CCSCC4)cc3N2)ccn1. The predicted molar refractivity (Wildman–Crippen MR) is 110 cm³/mol. The molecule has 154 valence electrons. The number of carbonyl (C=O) groups excluding carboxylic acids is 1. The van der Waals surface area contributed by atoms with E-state index in [0.29, 0.717) is 30.0 Å². The molecule has 0 radical (unpaired) electrons. The molecule has 2 aliphatic heterocycles. The number of thioether (sulfide) groups is 1. The first-order valence-corrected chi connectivity index (χ1v) is 10.2. The zero-order valence-electron chi connectivity index (χ0n) is 15.6. The van der Waals surface area contributed by atoms with Crippen molar-refractivity contribution in [1.82, 2.24) is 4.98 Å². The van der Waals surface area contributed by atoms with E-state index in [1.807, 2.05) is 6.07 Å². The highest BCUT2D eigenvalue weighted by atomic mass is 32.2. The van der Waals surface area contributed by atoms with Gasteiger partial charge in [-0.25, -0.2) is 4.98 Å². The summed E-state index contributed by atoms with van der Waals surface area (Å²) in [6.07, 6.45) is -1.88. The molecule has 10 heteroatoms. The first-order valence-electron chi connectivity index (χ1n) is 9.09. The summed E-state index contributed by atoms with van der Waals surface area (Å²) in [5.74, 6) is 0.928. The van der Waals surface area contributed by atoms with E-state index in [2.05, 4.69) is 15.6 Å². The number of amides is 1. The zero-order chi connectivity index (χ0) is 21.3. The van der Waals surface area contributed by atoms with Crippen molar-refractivity contribution in [1.29, 1.82) is 5.26 Å². The largest absolute Gasteiger partial charge is 0.418 e. The molecule has 2 aromatic rings. The summed E-state index contributed by atoms with van der Waals surface area (Å²) in [6, 6.07) is 7.45. The van der Waals surface area contributed by atoms with Crippen LogP contribution in [0.15, 0.2) is 36.5 Å². The molecular weight excluding hydrogens is 415 g/mol. The van der Waals surface area contributed by atoms with Crippen molar-refractivity contribution in [3.63, 3.8) is 0 Å². The van der Waals surface area contributed by atoms with Crippen molar-refractivity contribution in [3.8, 4) is 6.07 Å². The number of nitriles is 1. The van der Waals surface area contributed by atoms with Crippen LogP contribution in [0.25, 0.3) is 5.70 Å². The molecule has 0 saturated carbocycles. The molecular formula is C20H16F3N5OS. The van der Waals surface area contributed by atoms with E-state index in [-0.39, 0.29) is 17.1 Å². The Hall–Kier alpha value is -3.19. The van der Waals surface area contributed by atoms with Gasteiger partial charge < -0.3 is 15.5 Å². The number of hydrogen-bond donors (Lipinski definition) is 2. The number of alkyl halides is 3. The van der Waals surface area contributed by atoms with Gasteiger partial charge in [-0.15, -0.1) is 0 Å². The second-order valence-corrected chi connectivity index (χ2v) is 7.95. The van der Waals surface area contributed by atoms with Crippen molar-refractivity contribution in [2.45, 2.75) is 6.18 Å². The maximum absolute atomic E-state index is 13.8. The van der Waals surface area contributed by atoms with Crippen molar-refractivity contribution in [2.75, 3.05) is 40.1 Å². The highest BCUT2D eigenvalue weighted by Crippen LogP contribution is 2.43.